The Kier molecular flexibility index (Phi) is 7.33. The number of piperidine rings is 1. The molecular weight excluding hydrogens is 400 g/mol. The summed E-state index contributed by atoms with van der Waals surface area (Å²) < 4.78 is 5.83. The van der Waals surface area contributed by atoms with E-state index in [0.29, 0.717) is 5.88 Å². The quantitative estimate of drug-likeness (QED) is 0.565. The van der Waals surface area contributed by atoms with Crippen molar-refractivity contribution >= 4 is 11.7 Å². The number of anilines is 1. The third kappa shape index (κ3) is 6.06. The van der Waals surface area contributed by atoms with Gasteiger partial charge in [0.05, 0.1) is 0 Å². The highest BCUT2D eigenvalue weighted by molar-refractivity contribution is 5.79. The molecule has 3 aromatic rings. The number of hydrogen-bond donors (Lipinski definition) is 1. The van der Waals surface area contributed by atoms with Gasteiger partial charge in [0.1, 0.15) is 17.9 Å². The van der Waals surface area contributed by atoms with Gasteiger partial charge >= 0.3 is 0 Å². The highest BCUT2D eigenvalue weighted by Crippen LogP contribution is 2.26. The number of nitrogens with one attached hydrogen (secondary N) is 1. The third-order valence-electron chi connectivity index (χ3n) is 5.88. The van der Waals surface area contributed by atoms with E-state index >= 15 is 0 Å². The lowest BCUT2D eigenvalue weighted by molar-refractivity contribution is -0.126. The Hall–Kier alpha value is -3.41. The Bertz CT molecular complexity index is 989. The van der Waals surface area contributed by atoms with Crippen LogP contribution < -0.4 is 15.0 Å². The molecule has 2 aromatic carbocycles. The SMILES string of the molecule is CC(CCc1ccccc1)NC(=O)C1CCN(c2cc(Oc3ccccc3)ncn2)CC1. The molecule has 1 aromatic heterocycles. The molecule has 166 valence electrons. The number of carbonyl (C=O) groups is 1. The zero-order valence-electron chi connectivity index (χ0n) is 18.5. The summed E-state index contributed by atoms with van der Waals surface area (Å²) >= 11 is 0. The van der Waals surface area contributed by atoms with Crippen LogP contribution in [-0.2, 0) is 11.2 Å². The second kappa shape index (κ2) is 10.8. The number of benzene rings is 2. The Morgan fingerprint density at radius 1 is 1.06 bits per heavy atom. The molecule has 32 heavy (non-hydrogen) atoms. The fourth-order valence-electron chi connectivity index (χ4n) is 4.00. The van der Waals surface area contributed by atoms with Crippen LogP contribution in [0, 0.1) is 5.92 Å². The van der Waals surface area contributed by atoms with Gasteiger partial charge in [-0.05, 0) is 50.3 Å². The van der Waals surface area contributed by atoms with Crippen molar-refractivity contribution in [1.29, 1.82) is 0 Å². The predicted octanol–water partition coefficient (Wildman–Crippen LogP) is 4.62. The highest BCUT2D eigenvalue weighted by atomic mass is 16.5. The summed E-state index contributed by atoms with van der Waals surface area (Å²) in [6.45, 7) is 3.67. The van der Waals surface area contributed by atoms with Crippen molar-refractivity contribution in [3.8, 4) is 11.6 Å². The van der Waals surface area contributed by atoms with E-state index < -0.39 is 0 Å². The van der Waals surface area contributed by atoms with E-state index in [9.17, 15) is 4.79 Å². The molecule has 0 spiro atoms. The largest absolute Gasteiger partial charge is 0.439 e. The molecule has 1 N–H and O–H groups in total. The Morgan fingerprint density at radius 3 is 2.47 bits per heavy atom. The number of nitrogens with zero attached hydrogens (tertiary/aromatic N) is 3. The average molecular weight is 431 g/mol. The van der Waals surface area contributed by atoms with E-state index in [2.05, 4.69) is 51.4 Å². The van der Waals surface area contributed by atoms with Gasteiger partial charge in [-0.3, -0.25) is 4.79 Å². The van der Waals surface area contributed by atoms with E-state index in [0.717, 1.165) is 50.3 Å². The molecule has 1 unspecified atom stereocenters. The lowest BCUT2D eigenvalue weighted by Gasteiger charge is -2.32. The van der Waals surface area contributed by atoms with Gasteiger partial charge in [0.2, 0.25) is 11.8 Å². The van der Waals surface area contributed by atoms with Crippen LogP contribution in [0.3, 0.4) is 0 Å². The summed E-state index contributed by atoms with van der Waals surface area (Å²) in [5.41, 5.74) is 1.31. The molecule has 6 nitrogen and oxygen atoms in total. The molecule has 4 rings (SSSR count). The normalized spacial score (nSPS) is 15.2. The summed E-state index contributed by atoms with van der Waals surface area (Å²) in [7, 11) is 0. The third-order valence-corrected chi connectivity index (χ3v) is 5.88. The number of ether oxygens (including phenoxy) is 1. The topological polar surface area (TPSA) is 67.4 Å². The first-order valence-electron chi connectivity index (χ1n) is 11.3. The summed E-state index contributed by atoms with van der Waals surface area (Å²) in [4.78, 5) is 23.6. The van der Waals surface area contributed by atoms with Crippen LogP contribution in [0.25, 0.3) is 0 Å². The molecule has 1 amide bonds. The van der Waals surface area contributed by atoms with Gasteiger partial charge in [0, 0.05) is 31.1 Å². The zero-order valence-corrected chi connectivity index (χ0v) is 18.5. The molecule has 0 bridgehead atoms. The van der Waals surface area contributed by atoms with Crippen molar-refractivity contribution in [2.75, 3.05) is 18.0 Å². The van der Waals surface area contributed by atoms with Gasteiger partial charge < -0.3 is 15.0 Å². The fraction of sp³-hybridized carbons (Fsp3) is 0.346. The maximum atomic E-state index is 12.7. The van der Waals surface area contributed by atoms with Crippen LogP contribution in [0.4, 0.5) is 5.82 Å². The first-order valence-corrected chi connectivity index (χ1v) is 11.3. The molecule has 1 aliphatic rings. The number of amides is 1. The molecule has 0 saturated carbocycles. The second-order valence-corrected chi connectivity index (χ2v) is 8.32. The van der Waals surface area contributed by atoms with Crippen LogP contribution in [0.5, 0.6) is 11.6 Å². The van der Waals surface area contributed by atoms with E-state index in [4.69, 9.17) is 4.74 Å². The molecular formula is C26H30N4O2. The van der Waals surface area contributed by atoms with E-state index in [1.54, 1.807) is 0 Å². The maximum absolute atomic E-state index is 12.7. The molecule has 2 heterocycles. The molecule has 1 aliphatic heterocycles. The smallest absolute Gasteiger partial charge is 0.224 e. The van der Waals surface area contributed by atoms with Gasteiger partial charge in [-0.1, -0.05) is 48.5 Å². The first kappa shape index (κ1) is 21.8. The van der Waals surface area contributed by atoms with E-state index in [1.807, 2.05) is 42.5 Å². The summed E-state index contributed by atoms with van der Waals surface area (Å²) in [5.74, 6) is 2.32. The predicted molar refractivity (Wildman–Crippen MR) is 126 cm³/mol. The number of aryl methyl sites for hydroxylation is 1. The van der Waals surface area contributed by atoms with E-state index in [1.165, 1.54) is 11.9 Å². The average Bonchev–Trinajstić information content (AvgIpc) is 2.84. The molecule has 0 radical (unpaired) electrons. The summed E-state index contributed by atoms with van der Waals surface area (Å²) in [6, 6.07) is 22.0. The summed E-state index contributed by atoms with van der Waals surface area (Å²) in [5, 5.41) is 3.21. The van der Waals surface area contributed by atoms with Crippen molar-refractivity contribution < 1.29 is 9.53 Å². The van der Waals surface area contributed by atoms with Crippen LogP contribution in [0.2, 0.25) is 0 Å². The Labute approximate surface area is 189 Å². The van der Waals surface area contributed by atoms with Gasteiger partial charge in [0.15, 0.2) is 0 Å². The van der Waals surface area contributed by atoms with Gasteiger partial charge in [-0.15, -0.1) is 0 Å². The molecule has 1 atom stereocenters. The minimum atomic E-state index is 0.0484. The van der Waals surface area contributed by atoms with Crippen LogP contribution in [0.1, 0.15) is 31.7 Å². The number of para-hydroxylation sites is 1. The molecule has 1 saturated heterocycles. The number of carbonyl (C=O) groups excluding carboxylic acids is 1. The molecule has 6 heteroatoms. The van der Waals surface area contributed by atoms with Gasteiger partial charge in [-0.2, -0.15) is 0 Å². The minimum Gasteiger partial charge on any atom is -0.439 e. The zero-order chi connectivity index (χ0) is 22.2. The maximum Gasteiger partial charge on any atom is 0.224 e. The summed E-state index contributed by atoms with van der Waals surface area (Å²) in [6.07, 6.45) is 5.08. The van der Waals surface area contributed by atoms with Crippen molar-refractivity contribution in [1.82, 2.24) is 15.3 Å². The molecule has 0 aliphatic carbocycles. The molecule has 1 fully saturated rings. The van der Waals surface area contributed by atoms with Gasteiger partial charge in [-0.25, -0.2) is 9.97 Å². The standard InChI is InChI=1S/C26H30N4O2/c1-20(12-13-21-8-4-2-5-9-21)29-26(31)22-14-16-30(17-15-22)24-18-25(28-19-27-24)32-23-10-6-3-7-11-23/h2-11,18-20,22H,12-17H2,1H3,(H,29,31). The second-order valence-electron chi connectivity index (χ2n) is 8.32. The minimum absolute atomic E-state index is 0.0484. The van der Waals surface area contributed by atoms with Crippen LogP contribution in [0.15, 0.2) is 73.1 Å². The lowest BCUT2D eigenvalue weighted by atomic mass is 9.95. The van der Waals surface area contributed by atoms with Crippen molar-refractivity contribution in [2.24, 2.45) is 5.92 Å². The van der Waals surface area contributed by atoms with Gasteiger partial charge in [0.25, 0.3) is 0 Å². The van der Waals surface area contributed by atoms with Crippen molar-refractivity contribution in [3.63, 3.8) is 0 Å². The monoisotopic (exact) mass is 430 g/mol. The first-order chi connectivity index (χ1) is 15.7. The highest BCUT2D eigenvalue weighted by Gasteiger charge is 2.26. The van der Waals surface area contributed by atoms with Crippen molar-refractivity contribution in [3.05, 3.63) is 78.6 Å². The van der Waals surface area contributed by atoms with Crippen molar-refractivity contribution in [2.45, 2.75) is 38.6 Å². The lowest BCUT2D eigenvalue weighted by Crippen LogP contribution is -2.43. The number of aromatic nitrogens is 2. The fourth-order valence-corrected chi connectivity index (χ4v) is 4.00. The number of hydrogen-bond acceptors (Lipinski definition) is 5. The van der Waals surface area contributed by atoms with Crippen LogP contribution in [-0.4, -0.2) is 35.0 Å². The number of rotatable bonds is 8. The van der Waals surface area contributed by atoms with Crippen LogP contribution >= 0.6 is 0 Å². The Morgan fingerprint density at radius 2 is 1.75 bits per heavy atom. The Balaban J connectivity index is 1.25. The van der Waals surface area contributed by atoms with E-state index in [-0.39, 0.29) is 17.9 Å².